The highest BCUT2D eigenvalue weighted by Crippen LogP contribution is 2.84. The Morgan fingerprint density at radius 2 is 1.88 bits per heavy atom. The van der Waals surface area contributed by atoms with Crippen LogP contribution in [0.1, 0.15) is 59.3 Å². The molecule has 9 atom stereocenters. The topological polar surface area (TPSA) is 95.9 Å². The number of hydrogen-bond acceptors (Lipinski definition) is 7. The van der Waals surface area contributed by atoms with E-state index in [1.165, 1.54) is 0 Å². The van der Waals surface area contributed by atoms with Gasteiger partial charge in [0.15, 0.2) is 0 Å². The molecule has 40 heavy (non-hydrogen) atoms. The van der Waals surface area contributed by atoms with Crippen molar-refractivity contribution in [3.63, 3.8) is 0 Å². The largest absolute Gasteiger partial charge is 0.481 e. The Bertz CT molecular complexity index is 1200. The van der Waals surface area contributed by atoms with Gasteiger partial charge in [0.05, 0.1) is 17.6 Å². The molecule has 0 spiro atoms. The van der Waals surface area contributed by atoms with Crippen LogP contribution in [0.3, 0.4) is 0 Å². The second-order valence-corrected chi connectivity index (χ2v) is 14.0. The molecule has 216 valence electrons. The predicted octanol–water partition coefficient (Wildman–Crippen LogP) is 4.07. The molecule has 6 aliphatic rings. The summed E-state index contributed by atoms with van der Waals surface area (Å²) in [5.41, 5.74) is -1.49. The van der Waals surface area contributed by atoms with Crippen LogP contribution in [0, 0.1) is 45.8 Å². The third-order valence-electron chi connectivity index (χ3n) is 12.3. The normalized spacial score (nSPS) is 44.2. The molecule has 0 aromatic carbocycles. The van der Waals surface area contributed by atoms with Gasteiger partial charge >= 0.3 is 5.97 Å². The second-order valence-electron chi connectivity index (χ2n) is 14.0. The molecular weight excluding hydrogens is 504 g/mol. The lowest BCUT2D eigenvalue weighted by Gasteiger charge is -2.60. The molecule has 0 amide bonds. The lowest BCUT2D eigenvalue weighted by molar-refractivity contribution is -0.197. The fourth-order valence-corrected chi connectivity index (χ4v) is 10.9. The summed E-state index contributed by atoms with van der Waals surface area (Å²) in [5.74, 6) is 1.30. The molecule has 3 heterocycles. The van der Waals surface area contributed by atoms with Gasteiger partial charge in [-0.25, -0.2) is 9.97 Å². The van der Waals surface area contributed by atoms with Gasteiger partial charge in [0.2, 0.25) is 5.95 Å². The monoisotopic (exact) mass is 548 g/mol. The summed E-state index contributed by atoms with van der Waals surface area (Å²) < 4.78 is 7.00. The third-order valence-corrected chi connectivity index (χ3v) is 12.3. The predicted molar refractivity (Wildman–Crippen MR) is 151 cm³/mol. The zero-order valence-corrected chi connectivity index (χ0v) is 24.2. The average Bonchev–Trinajstić information content (AvgIpc) is 3.69. The summed E-state index contributed by atoms with van der Waals surface area (Å²) in [5, 5.41) is 11.3. The first-order chi connectivity index (χ1) is 19.3. The number of carbonyl (C=O) groups excluding carboxylic acids is 1. The van der Waals surface area contributed by atoms with Gasteiger partial charge in [-0.15, -0.1) is 0 Å². The summed E-state index contributed by atoms with van der Waals surface area (Å²) in [6, 6.07) is 1.84. The van der Waals surface area contributed by atoms with E-state index in [0.717, 1.165) is 82.6 Å². The number of rotatable bonds is 7. The number of hydrogen-bond donors (Lipinski definition) is 1. The fourth-order valence-electron chi connectivity index (χ4n) is 10.9. The number of allylic oxidation sites excluding steroid dienone is 1. The zero-order chi connectivity index (χ0) is 27.9. The quantitative estimate of drug-likeness (QED) is 0.403. The molecule has 4 bridgehead atoms. The number of fused-ring (bicyclic) bond motifs is 2. The van der Waals surface area contributed by atoms with Crippen molar-refractivity contribution in [2.24, 2.45) is 45.8 Å². The molecule has 3 saturated carbocycles. The van der Waals surface area contributed by atoms with Crippen molar-refractivity contribution in [2.45, 2.75) is 71.5 Å². The summed E-state index contributed by atoms with van der Waals surface area (Å²) in [7, 11) is 0. The Hall–Kier alpha value is -2.32. The smallest absolute Gasteiger partial charge is 0.315 e. The minimum Gasteiger partial charge on any atom is -0.481 e. The molecule has 8 nitrogen and oxygen atoms in total. The summed E-state index contributed by atoms with van der Waals surface area (Å²) >= 11 is 0. The van der Waals surface area contributed by atoms with Gasteiger partial charge in [0.25, 0.3) is 0 Å². The Labute approximate surface area is 237 Å². The van der Waals surface area contributed by atoms with Gasteiger partial charge in [-0.05, 0) is 67.8 Å². The minimum atomic E-state index is -1.15. The maximum absolute atomic E-state index is 13.8. The van der Waals surface area contributed by atoms with Crippen LogP contribution in [0.2, 0.25) is 0 Å². The SMILES string of the molecule is CC(C)C1=CC2CC3(C=O)[C@@H]4CC[C@@H](C)[C@H]4CC2(C2CCC(CN4CCN(c5ncccn5)CC4)O2)C13C(=O)O. The first-order valence-corrected chi connectivity index (χ1v) is 15.6. The van der Waals surface area contributed by atoms with Crippen molar-refractivity contribution in [1.29, 1.82) is 0 Å². The van der Waals surface area contributed by atoms with Crippen molar-refractivity contribution in [1.82, 2.24) is 14.9 Å². The van der Waals surface area contributed by atoms with Gasteiger partial charge in [0.1, 0.15) is 11.7 Å². The van der Waals surface area contributed by atoms with Gasteiger partial charge in [0, 0.05) is 50.5 Å². The number of carboxylic acids is 1. The Morgan fingerprint density at radius 3 is 2.55 bits per heavy atom. The van der Waals surface area contributed by atoms with E-state index in [2.05, 4.69) is 46.6 Å². The van der Waals surface area contributed by atoms with E-state index in [-0.39, 0.29) is 30.0 Å². The maximum atomic E-state index is 13.8. The molecule has 2 saturated heterocycles. The third kappa shape index (κ3) is 3.26. The van der Waals surface area contributed by atoms with Crippen LogP contribution in [0.4, 0.5) is 5.95 Å². The first kappa shape index (κ1) is 26.6. The second kappa shape index (κ2) is 9.35. The number of ether oxygens (including phenoxy) is 1. The van der Waals surface area contributed by atoms with E-state index in [4.69, 9.17) is 4.74 Å². The van der Waals surface area contributed by atoms with E-state index < -0.39 is 22.2 Å². The molecule has 1 aromatic rings. The van der Waals surface area contributed by atoms with E-state index in [0.29, 0.717) is 18.3 Å². The van der Waals surface area contributed by atoms with Crippen LogP contribution in [0.5, 0.6) is 0 Å². The Balaban J connectivity index is 1.16. The van der Waals surface area contributed by atoms with Crippen LogP contribution in [-0.4, -0.2) is 77.2 Å². The Morgan fingerprint density at radius 1 is 1.12 bits per heavy atom. The fraction of sp³-hybridized carbons (Fsp3) is 0.750. The van der Waals surface area contributed by atoms with Crippen molar-refractivity contribution in [2.75, 3.05) is 37.6 Å². The number of anilines is 1. The van der Waals surface area contributed by atoms with Crippen molar-refractivity contribution < 1.29 is 19.4 Å². The summed E-state index contributed by atoms with van der Waals surface area (Å²) in [6.07, 6.45) is 12.4. The van der Waals surface area contributed by atoms with Crippen LogP contribution >= 0.6 is 0 Å². The standard InChI is InChI=1S/C32H44N4O4/c1-20(2)26-15-22-16-30(19-37)25-7-5-21(3)24(25)17-31(22,32(26,30)28(38)39)27-8-6-23(40-27)18-35-11-13-36(14-12-35)29-33-9-4-10-34-29/h4,9-10,15,19-25,27H,5-8,11-14,16-18H2,1-3H3,(H,38,39)/t21-,22?,23?,24-,25-,27?,30?,31?,32?/m1/s1. The van der Waals surface area contributed by atoms with E-state index in [1.54, 1.807) is 12.4 Å². The number of aromatic nitrogens is 2. The molecule has 0 radical (unpaired) electrons. The van der Waals surface area contributed by atoms with Crippen molar-refractivity contribution in [3.05, 3.63) is 30.1 Å². The zero-order valence-electron chi connectivity index (χ0n) is 24.2. The van der Waals surface area contributed by atoms with Gasteiger partial charge in [-0.2, -0.15) is 0 Å². The summed E-state index contributed by atoms with van der Waals surface area (Å²) in [6.45, 7) is 11.1. The molecule has 1 N–H and O–H groups in total. The molecule has 2 aliphatic heterocycles. The number of carbonyl (C=O) groups is 2. The van der Waals surface area contributed by atoms with Gasteiger partial charge < -0.3 is 19.5 Å². The molecule has 7 rings (SSSR count). The highest BCUT2D eigenvalue weighted by Gasteiger charge is 2.86. The molecular formula is C32H44N4O4. The summed E-state index contributed by atoms with van der Waals surface area (Å²) in [4.78, 5) is 40.6. The van der Waals surface area contributed by atoms with Crippen LogP contribution < -0.4 is 4.90 Å². The first-order valence-electron chi connectivity index (χ1n) is 15.6. The molecule has 8 heteroatoms. The van der Waals surface area contributed by atoms with Crippen molar-refractivity contribution >= 4 is 18.2 Å². The van der Waals surface area contributed by atoms with Crippen LogP contribution in [-0.2, 0) is 14.3 Å². The maximum Gasteiger partial charge on any atom is 0.315 e. The molecule has 5 fully saturated rings. The lowest BCUT2D eigenvalue weighted by atomic mass is 9.41. The van der Waals surface area contributed by atoms with Crippen LogP contribution in [0.25, 0.3) is 0 Å². The van der Waals surface area contributed by atoms with E-state index >= 15 is 0 Å². The molecule has 4 aliphatic carbocycles. The lowest BCUT2D eigenvalue weighted by Crippen LogP contribution is -2.65. The molecule has 1 aromatic heterocycles. The average molecular weight is 549 g/mol. The number of aliphatic carboxylic acids is 1. The highest BCUT2D eigenvalue weighted by atomic mass is 16.5. The number of piperazine rings is 1. The van der Waals surface area contributed by atoms with Gasteiger partial charge in [-0.1, -0.05) is 38.8 Å². The van der Waals surface area contributed by atoms with E-state index in [1.807, 2.05) is 6.07 Å². The van der Waals surface area contributed by atoms with Crippen LogP contribution in [0.15, 0.2) is 30.1 Å². The minimum absolute atomic E-state index is 0.0941. The number of nitrogens with zero attached hydrogens (tertiary/aromatic N) is 4. The number of carboxylic acid groups (broad SMARTS) is 1. The number of aldehydes is 1. The van der Waals surface area contributed by atoms with E-state index in [9.17, 15) is 14.7 Å². The highest BCUT2D eigenvalue weighted by molar-refractivity contribution is 5.90. The van der Waals surface area contributed by atoms with Crippen molar-refractivity contribution in [3.8, 4) is 0 Å². The molecule has 6 unspecified atom stereocenters. The van der Waals surface area contributed by atoms with Gasteiger partial charge in [-0.3, -0.25) is 9.69 Å². The Kier molecular flexibility index (Phi) is 6.21.